The Morgan fingerprint density at radius 3 is 1.53 bits per heavy atom. The van der Waals surface area contributed by atoms with Gasteiger partial charge in [0, 0.05) is 6.42 Å². The Morgan fingerprint density at radius 1 is 0.623 bits per heavy atom. The van der Waals surface area contributed by atoms with Gasteiger partial charge in [-0.3, -0.25) is 4.79 Å². The Bertz CT molecular complexity index is 842. The number of nitrogens with one attached hydrogen (secondary N) is 1. The lowest BCUT2D eigenvalue weighted by atomic mass is 9.99. The van der Waals surface area contributed by atoms with Crippen LogP contribution in [0.4, 0.5) is 0 Å². The van der Waals surface area contributed by atoms with Crippen LogP contribution < -0.4 is 5.32 Å². The van der Waals surface area contributed by atoms with Gasteiger partial charge in [0.2, 0.25) is 5.91 Å². The summed E-state index contributed by atoms with van der Waals surface area (Å²) in [5.41, 5.74) is 0. The summed E-state index contributed by atoms with van der Waals surface area (Å²) in [5, 5.41) is 54.1. The molecule has 0 aromatic heterocycles. The van der Waals surface area contributed by atoms with Crippen LogP contribution in [-0.2, 0) is 14.3 Å². The zero-order valence-electron chi connectivity index (χ0n) is 34.3. The maximum Gasteiger partial charge on any atom is 0.220 e. The minimum atomic E-state index is -1.55. The van der Waals surface area contributed by atoms with Crippen LogP contribution in [0.5, 0.6) is 0 Å². The number of aliphatic hydroxyl groups is 5. The Kier molecular flexibility index (Phi) is 33.3. The van der Waals surface area contributed by atoms with E-state index in [1.54, 1.807) is 0 Å². The summed E-state index contributed by atoms with van der Waals surface area (Å²) in [6.45, 7) is 3.78. The molecule has 0 aromatic carbocycles. The lowest BCUT2D eigenvalue weighted by Gasteiger charge is -2.40. The molecule has 0 bridgehead atoms. The molecule has 1 heterocycles. The third-order valence-electron chi connectivity index (χ3n) is 10.9. The molecule has 6 N–H and O–H groups in total. The van der Waals surface area contributed by atoms with E-state index in [-0.39, 0.29) is 12.5 Å². The fraction of sp³-hybridized carbons (Fsp3) is 0.932. The molecular weight excluding hydrogens is 670 g/mol. The van der Waals surface area contributed by atoms with Gasteiger partial charge in [0.1, 0.15) is 24.4 Å². The minimum absolute atomic E-state index is 0.147. The Hall–Kier alpha value is -1.07. The molecule has 1 rings (SSSR count). The molecule has 0 aliphatic carbocycles. The second-order valence-electron chi connectivity index (χ2n) is 15.8. The highest BCUT2D eigenvalue weighted by atomic mass is 16.7. The molecule has 9 heteroatoms. The molecular formula is C44H85NO8. The van der Waals surface area contributed by atoms with Gasteiger partial charge in [-0.25, -0.2) is 0 Å². The summed E-state index contributed by atoms with van der Waals surface area (Å²) >= 11 is 0. The minimum Gasteiger partial charge on any atom is -0.394 e. The van der Waals surface area contributed by atoms with Crippen molar-refractivity contribution in [2.75, 3.05) is 13.2 Å². The quantitative estimate of drug-likeness (QED) is 0.0272. The van der Waals surface area contributed by atoms with Crippen LogP contribution in [-0.4, -0.2) is 87.5 Å². The molecule has 7 atom stereocenters. The predicted octanol–water partition coefficient (Wildman–Crippen LogP) is 8.95. The van der Waals surface area contributed by atoms with Crippen LogP contribution in [0, 0.1) is 0 Å². The normalized spacial score (nSPS) is 21.7. The molecule has 1 aliphatic rings. The molecule has 1 saturated heterocycles. The second kappa shape index (κ2) is 35.4. The summed E-state index contributed by atoms with van der Waals surface area (Å²) in [4.78, 5) is 12.9. The molecule has 9 nitrogen and oxygen atoms in total. The number of carbonyl (C=O) groups excluding carboxylic acids is 1. The van der Waals surface area contributed by atoms with Crippen molar-refractivity contribution < 1.29 is 39.8 Å². The number of aliphatic hydroxyl groups excluding tert-OH is 5. The van der Waals surface area contributed by atoms with Crippen LogP contribution in [0.2, 0.25) is 0 Å². The number of hydrogen-bond acceptors (Lipinski definition) is 8. The maximum atomic E-state index is 12.9. The van der Waals surface area contributed by atoms with Gasteiger partial charge in [-0.2, -0.15) is 0 Å². The average Bonchev–Trinajstić information content (AvgIpc) is 3.16. The molecule has 53 heavy (non-hydrogen) atoms. The van der Waals surface area contributed by atoms with Crippen molar-refractivity contribution in [3.8, 4) is 0 Å². The third-order valence-corrected chi connectivity index (χ3v) is 10.9. The fourth-order valence-electron chi connectivity index (χ4n) is 7.21. The highest BCUT2D eigenvalue weighted by molar-refractivity contribution is 5.76. The van der Waals surface area contributed by atoms with E-state index in [0.717, 1.165) is 44.9 Å². The van der Waals surface area contributed by atoms with Gasteiger partial charge < -0.3 is 40.3 Å². The lowest BCUT2D eigenvalue weighted by Crippen LogP contribution is -2.60. The monoisotopic (exact) mass is 756 g/mol. The van der Waals surface area contributed by atoms with Gasteiger partial charge in [-0.15, -0.1) is 0 Å². The Labute approximate surface area is 325 Å². The number of amides is 1. The Balaban J connectivity index is 2.24. The van der Waals surface area contributed by atoms with Crippen molar-refractivity contribution >= 4 is 5.91 Å². The van der Waals surface area contributed by atoms with Crippen LogP contribution in [0.15, 0.2) is 12.2 Å². The number of hydrogen-bond donors (Lipinski definition) is 6. The first-order chi connectivity index (χ1) is 25.8. The number of carbonyl (C=O) groups is 1. The first kappa shape index (κ1) is 49.9. The summed E-state index contributed by atoms with van der Waals surface area (Å²) in [6, 6.07) is -0.727. The van der Waals surface area contributed by atoms with Gasteiger partial charge in [-0.1, -0.05) is 174 Å². The summed E-state index contributed by atoms with van der Waals surface area (Å²) < 4.78 is 11.2. The highest BCUT2D eigenvalue weighted by Crippen LogP contribution is 2.23. The van der Waals surface area contributed by atoms with Crippen molar-refractivity contribution in [3.63, 3.8) is 0 Å². The van der Waals surface area contributed by atoms with E-state index < -0.39 is 49.5 Å². The number of unbranched alkanes of at least 4 members (excludes halogenated alkanes) is 25. The first-order valence-electron chi connectivity index (χ1n) is 22.4. The average molecular weight is 756 g/mol. The summed E-state index contributed by atoms with van der Waals surface area (Å²) in [6.07, 6.45) is 32.4. The predicted molar refractivity (Wildman–Crippen MR) is 217 cm³/mol. The molecule has 1 aliphatic heterocycles. The topological polar surface area (TPSA) is 149 Å². The molecule has 1 fully saturated rings. The molecule has 2 unspecified atom stereocenters. The van der Waals surface area contributed by atoms with Crippen molar-refractivity contribution in [2.45, 2.75) is 249 Å². The standard InChI is InChI=1S/C44H85NO8/c1-3-5-7-9-11-13-14-15-16-17-18-19-20-21-22-23-24-26-28-30-32-34-40(48)45-37(38(47)33-31-29-27-25-12-10-8-6-4-2)36-52-44-43(51)42(50)41(49)39(35-46)53-44/h12,25,37-39,41-44,46-47,49-51H,3-11,13-24,26-36H2,1-2H3,(H,45,48)/b25-12+/t37-,38+,39-,41-,42?,43?,44-/m0/s1. The number of ether oxygens (including phenoxy) is 2. The van der Waals surface area contributed by atoms with E-state index in [9.17, 15) is 30.3 Å². The molecule has 314 valence electrons. The van der Waals surface area contributed by atoms with Gasteiger partial charge in [0.05, 0.1) is 25.4 Å². The van der Waals surface area contributed by atoms with E-state index in [0.29, 0.717) is 12.8 Å². The van der Waals surface area contributed by atoms with Crippen LogP contribution >= 0.6 is 0 Å². The zero-order valence-corrected chi connectivity index (χ0v) is 34.3. The highest BCUT2D eigenvalue weighted by Gasteiger charge is 2.44. The smallest absolute Gasteiger partial charge is 0.220 e. The number of rotatable bonds is 37. The van der Waals surface area contributed by atoms with Gasteiger partial charge in [0.15, 0.2) is 6.29 Å². The lowest BCUT2D eigenvalue weighted by molar-refractivity contribution is -0.302. The van der Waals surface area contributed by atoms with Gasteiger partial charge in [0.25, 0.3) is 0 Å². The van der Waals surface area contributed by atoms with Crippen LogP contribution in [0.3, 0.4) is 0 Å². The molecule has 0 aromatic rings. The third kappa shape index (κ3) is 26.4. The van der Waals surface area contributed by atoms with Crippen molar-refractivity contribution in [1.82, 2.24) is 5.32 Å². The second-order valence-corrected chi connectivity index (χ2v) is 15.8. The Morgan fingerprint density at radius 2 is 1.06 bits per heavy atom. The number of allylic oxidation sites excluding steroid dienone is 2. The van der Waals surface area contributed by atoms with E-state index >= 15 is 0 Å². The van der Waals surface area contributed by atoms with Gasteiger partial charge in [-0.05, 0) is 38.5 Å². The van der Waals surface area contributed by atoms with Crippen LogP contribution in [0.25, 0.3) is 0 Å². The van der Waals surface area contributed by atoms with Crippen molar-refractivity contribution in [3.05, 3.63) is 12.2 Å². The first-order valence-corrected chi connectivity index (χ1v) is 22.4. The van der Waals surface area contributed by atoms with E-state index in [4.69, 9.17) is 9.47 Å². The fourth-order valence-corrected chi connectivity index (χ4v) is 7.21. The summed E-state index contributed by atoms with van der Waals surface area (Å²) in [7, 11) is 0. The van der Waals surface area contributed by atoms with E-state index in [2.05, 4.69) is 31.3 Å². The van der Waals surface area contributed by atoms with Crippen molar-refractivity contribution in [1.29, 1.82) is 0 Å². The van der Waals surface area contributed by atoms with Crippen LogP contribution in [0.1, 0.15) is 206 Å². The van der Waals surface area contributed by atoms with Crippen molar-refractivity contribution in [2.24, 2.45) is 0 Å². The largest absolute Gasteiger partial charge is 0.394 e. The molecule has 0 radical (unpaired) electrons. The van der Waals surface area contributed by atoms with E-state index in [1.807, 2.05) is 0 Å². The maximum absolute atomic E-state index is 12.9. The van der Waals surface area contributed by atoms with E-state index in [1.165, 1.54) is 135 Å². The van der Waals surface area contributed by atoms with Gasteiger partial charge >= 0.3 is 0 Å². The molecule has 1 amide bonds. The summed E-state index contributed by atoms with van der Waals surface area (Å²) in [5.74, 6) is -0.153. The SMILES string of the molecule is CCCCC/C=C/CCCC[C@@H](O)[C@H](CO[C@H]1O[C@@H](CO)[C@H](O)C(O)C1O)NC(=O)CCCCCCCCCCCCCCCCCCCCCCC. The molecule has 0 spiro atoms. The zero-order chi connectivity index (χ0) is 38.8. The molecule has 0 saturated carbocycles.